The second-order valence-corrected chi connectivity index (χ2v) is 4.05. The van der Waals surface area contributed by atoms with Crippen LogP contribution in [0.5, 0.6) is 5.75 Å². The highest BCUT2D eigenvalue weighted by Gasteiger charge is 2.10. The normalized spacial score (nSPS) is 10.5. The van der Waals surface area contributed by atoms with Crippen LogP contribution in [0.2, 0.25) is 0 Å². The molecule has 1 N–H and O–H groups in total. The SMILES string of the molecule is COC(=O)c1coc(CNc2ccc(OC(F)F)cc2)c1. The van der Waals surface area contributed by atoms with Gasteiger partial charge in [0.25, 0.3) is 0 Å². The van der Waals surface area contributed by atoms with Crippen LogP contribution in [-0.4, -0.2) is 19.7 Å². The van der Waals surface area contributed by atoms with Crippen LogP contribution in [0.4, 0.5) is 14.5 Å². The number of nitrogens with one attached hydrogen (secondary N) is 1. The Morgan fingerprint density at radius 3 is 2.67 bits per heavy atom. The molecule has 0 saturated heterocycles. The molecule has 0 amide bonds. The molecule has 1 aromatic heterocycles. The summed E-state index contributed by atoms with van der Waals surface area (Å²) in [5.41, 5.74) is 1.03. The first-order valence-electron chi connectivity index (χ1n) is 6.03. The predicted molar refractivity (Wildman–Crippen MR) is 70.4 cm³/mol. The Bertz CT molecular complexity index is 595. The second kappa shape index (κ2) is 6.74. The summed E-state index contributed by atoms with van der Waals surface area (Å²) in [7, 11) is 1.29. The van der Waals surface area contributed by atoms with E-state index in [1.165, 1.54) is 25.5 Å². The maximum Gasteiger partial charge on any atom is 0.387 e. The van der Waals surface area contributed by atoms with Crippen LogP contribution >= 0.6 is 0 Å². The van der Waals surface area contributed by atoms with Gasteiger partial charge in [-0.25, -0.2) is 4.79 Å². The lowest BCUT2D eigenvalue weighted by Gasteiger charge is -2.07. The maximum atomic E-state index is 12.0. The third kappa shape index (κ3) is 4.20. The summed E-state index contributed by atoms with van der Waals surface area (Å²) < 4.78 is 38.0. The van der Waals surface area contributed by atoms with Crippen molar-refractivity contribution in [3.63, 3.8) is 0 Å². The molecule has 0 aliphatic heterocycles. The number of carbonyl (C=O) groups is 1. The molecule has 5 nitrogen and oxygen atoms in total. The predicted octanol–water partition coefficient (Wildman–Crippen LogP) is 3.28. The van der Waals surface area contributed by atoms with E-state index in [-0.39, 0.29) is 5.75 Å². The van der Waals surface area contributed by atoms with Crippen LogP contribution in [0, 0.1) is 0 Å². The van der Waals surface area contributed by atoms with Crippen molar-refractivity contribution in [3.05, 3.63) is 47.9 Å². The van der Waals surface area contributed by atoms with Crippen LogP contribution in [0.15, 0.2) is 41.0 Å². The van der Waals surface area contributed by atoms with Crippen LogP contribution < -0.4 is 10.1 Å². The summed E-state index contributed by atoms with van der Waals surface area (Å²) in [5, 5.41) is 3.02. The highest BCUT2D eigenvalue weighted by atomic mass is 19.3. The molecule has 2 aromatic rings. The van der Waals surface area contributed by atoms with Crippen molar-refractivity contribution in [1.82, 2.24) is 0 Å². The first kappa shape index (κ1) is 14.8. The first-order chi connectivity index (χ1) is 10.1. The van der Waals surface area contributed by atoms with Gasteiger partial charge in [0.15, 0.2) is 0 Å². The number of ether oxygens (including phenoxy) is 2. The van der Waals surface area contributed by atoms with Crippen LogP contribution in [0.1, 0.15) is 16.1 Å². The Balaban J connectivity index is 1.90. The van der Waals surface area contributed by atoms with Crippen molar-refractivity contribution in [2.45, 2.75) is 13.2 Å². The van der Waals surface area contributed by atoms with Gasteiger partial charge in [0, 0.05) is 5.69 Å². The van der Waals surface area contributed by atoms with Gasteiger partial charge >= 0.3 is 12.6 Å². The lowest BCUT2D eigenvalue weighted by atomic mass is 10.3. The molecule has 1 heterocycles. The number of methoxy groups -OCH3 is 1. The summed E-state index contributed by atoms with van der Waals surface area (Å²) in [6.45, 7) is -2.50. The van der Waals surface area contributed by atoms with Crippen LogP contribution in [0.3, 0.4) is 0 Å². The van der Waals surface area contributed by atoms with Gasteiger partial charge < -0.3 is 19.2 Å². The summed E-state index contributed by atoms with van der Waals surface area (Å²) in [6.07, 6.45) is 1.31. The topological polar surface area (TPSA) is 60.7 Å². The fraction of sp³-hybridized carbons (Fsp3) is 0.214. The molecule has 2 rings (SSSR count). The fourth-order valence-corrected chi connectivity index (χ4v) is 1.64. The van der Waals surface area contributed by atoms with Gasteiger partial charge in [-0.2, -0.15) is 8.78 Å². The van der Waals surface area contributed by atoms with E-state index in [4.69, 9.17) is 4.42 Å². The largest absolute Gasteiger partial charge is 0.467 e. The molecule has 21 heavy (non-hydrogen) atoms. The minimum atomic E-state index is -2.84. The Morgan fingerprint density at radius 2 is 2.05 bits per heavy atom. The molecule has 0 aliphatic rings. The zero-order chi connectivity index (χ0) is 15.2. The van der Waals surface area contributed by atoms with Gasteiger partial charge in [-0.1, -0.05) is 0 Å². The summed E-state index contributed by atoms with van der Waals surface area (Å²) in [6, 6.07) is 7.61. The molecule has 0 bridgehead atoms. The number of esters is 1. The third-order valence-corrected chi connectivity index (χ3v) is 2.62. The van der Waals surface area contributed by atoms with Gasteiger partial charge in [-0.05, 0) is 30.3 Å². The number of alkyl halides is 2. The fourth-order valence-electron chi connectivity index (χ4n) is 1.64. The number of hydrogen-bond acceptors (Lipinski definition) is 5. The number of benzene rings is 1. The van der Waals surface area contributed by atoms with Crippen molar-refractivity contribution in [1.29, 1.82) is 0 Å². The first-order valence-corrected chi connectivity index (χ1v) is 6.03. The lowest BCUT2D eigenvalue weighted by molar-refractivity contribution is -0.0498. The molecule has 112 valence electrons. The zero-order valence-electron chi connectivity index (χ0n) is 11.1. The van der Waals surface area contributed by atoms with E-state index in [1.807, 2.05) is 0 Å². The lowest BCUT2D eigenvalue weighted by Crippen LogP contribution is -2.02. The smallest absolute Gasteiger partial charge is 0.387 e. The molecule has 0 atom stereocenters. The zero-order valence-corrected chi connectivity index (χ0v) is 11.1. The van der Waals surface area contributed by atoms with E-state index in [0.29, 0.717) is 23.6 Å². The standard InChI is InChI=1S/C14H13F2NO4/c1-19-13(18)9-6-12(20-8-9)7-17-10-2-4-11(5-3-10)21-14(15)16/h2-6,8,14,17H,7H2,1H3. The molecule has 0 radical (unpaired) electrons. The highest BCUT2D eigenvalue weighted by molar-refractivity contribution is 5.88. The molecule has 0 fully saturated rings. The molecule has 0 aliphatic carbocycles. The van der Waals surface area contributed by atoms with E-state index < -0.39 is 12.6 Å². The molecule has 1 aromatic carbocycles. The third-order valence-electron chi connectivity index (χ3n) is 2.62. The Morgan fingerprint density at radius 1 is 1.33 bits per heavy atom. The van der Waals surface area contributed by atoms with Crippen LogP contribution in [-0.2, 0) is 11.3 Å². The van der Waals surface area contributed by atoms with E-state index in [2.05, 4.69) is 14.8 Å². The molecular formula is C14H13F2NO4. The van der Waals surface area contributed by atoms with Crippen molar-refractivity contribution in [2.75, 3.05) is 12.4 Å². The van der Waals surface area contributed by atoms with Gasteiger partial charge in [-0.3, -0.25) is 0 Å². The Kier molecular flexibility index (Phi) is 4.76. The quantitative estimate of drug-likeness (QED) is 0.829. The van der Waals surface area contributed by atoms with E-state index in [0.717, 1.165) is 0 Å². The molecule has 7 heteroatoms. The highest BCUT2D eigenvalue weighted by Crippen LogP contribution is 2.18. The van der Waals surface area contributed by atoms with Crippen LogP contribution in [0.25, 0.3) is 0 Å². The molecular weight excluding hydrogens is 284 g/mol. The number of hydrogen-bond donors (Lipinski definition) is 1. The number of rotatable bonds is 6. The average molecular weight is 297 g/mol. The second-order valence-electron chi connectivity index (χ2n) is 4.05. The summed E-state index contributed by atoms with van der Waals surface area (Å²) in [4.78, 5) is 11.2. The number of anilines is 1. The van der Waals surface area contributed by atoms with E-state index in [1.54, 1.807) is 18.2 Å². The van der Waals surface area contributed by atoms with Gasteiger partial charge in [0.1, 0.15) is 17.8 Å². The monoisotopic (exact) mass is 297 g/mol. The molecule has 0 unspecified atom stereocenters. The number of carbonyl (C=O) groups excluding carboxylic acids is 1. The minimum absolute atomic E-state index is 0.0847. The minimum Gasteiger partial charge on any atom is -0.467 e. The van der Waals surface area contributed by atoms with Crippen molar-refractivity contribution >= 4 is 11.7 Å². The van der Waals surface area contributed by atoms with E-state index >= 15 is 0 Å². The van der Waals surface area contributed by atoms with Crippen molar-refractivity contribution in [2.24, 2.45) is 0 Å². The van der Waals surface area contributed by atoms with Gasteiger partial charge in [0.05, 0.1) is 19.2 Å². The number of furan rings is 1. The summed E-state index contributed by atoms with van der Waals surface area (Å²) in [5.74, 6) is 0.156. The maximum absolute atomic E-state index is 12.0. The average Bonchev–Trinajstić information content (AvgIpc) is 2.94. The Hall–Kier alpha value is -2.57. The molecule has 0 saturated carbocycles. The van der Waals surface area contributed by atoms with Gasteiger partial charge in [-0.15, -0.1) is 0 Å². The van der Waals surface area contributed by atoms with Gasteiger partial charge in [0.2, 0.25) is 0 Å². The summed E-state index contributed by atoms with van der Waals surface area (Å²) >= 11 is 0. The molecule has 0 spiro atoms. The van der Waals surface area contributed by atoms with E-state index in [9.17, 15) is 13.6 Å². The van der Waals surface area contributed by atoms with Crippen molar-refractivity contribution in [3.8, 4) is 5.75 Å². The Labute approximate surface area is 119 Å². The van der Waals surface area contributed by atoms with Crippen molar-refractivity contribution < 1.29 is 27.5 Å². The number of halogens is 2.